The number of nitrogens with one attached hydrogen (secondary N) is 1. The van der Waals surface area contributed by atoms with Crippen molar-refractivity contribution in [2.24, 2.45) is 0 Å². The van der Waals surface area contributed by atoms with Gasteiger partial charge in [0.15, 0.2) is 7.41 Å². The predicted octanol–water partition coefficient (Wildman–Crippen LogP) is 5.32. The van der Waals surface area contributed by atoms with Crippen molar-refractivity contribution in [3.63, 3.8) is 0 Å². The standard InChI is InChI=1S/C25H23NP/c1-21-13-11-12-20-25(21)26-27(22-14-5-2-6-15-22,23-16-7-3-8-17-23)24-18-9-4-10-19-24/h2-20,26H,1H3/q+1. The lowest BCUT2D eigenvalue weighted by Crippen LogP contribution is -2.36. The number of rotatable bonds is 5. The van der Waals surface area contributed by atoms with E-state index in [1.165, 1.54) is 27.2 Å². The average Bonchev–Trinajstić information content (AvgIpc) is 2.75. The van der Waals surface area contributed by atoms with E-state index in [0.29, 0.717) is 0 Å². The topological polar surface area (TPSA) is 12.0 Å². The van der Waals surface area contributed by atoms with Crippen LogP contribution in [0.25, 0.3) is 0 Å². The van der Waals surface area contributed by atoms with Crippen molar-refractivity contribution in [3.8, 4) is 0 Å². The molecule has 1 nitrogen and oxygen atoms in total. The fourth-order valence-electron chi connectivity index (χ4n) is 3.47. The van der Waals surface area contributed by atoms with Gasteiger partial charge < -0.3 is 0 Å². The SMILES string of the molecule is Cc1ccccc1N[P+](c1ccccc1)(c1ccccc1)c1ccccc1. The first-order valence-electron chi connectivity index (χ1n) is 9.20. The van der Waals surface area contributed by atoms with E-state index in [-0.39, 0.29) is 0 Å². The van der Waals surface area contributed by atoms with Gasteiger partial charge >= 0.3 is 0 Å². The summed E-state index contributed by atoms with van der Waals surface area (Å²) in [7, 11) is -2.05. The Bertz CT molecular complexity index is 901. The first kappa shape index (κ1) is 17.5. The fraction of sp³-hybridized carbons (Fsp3) is 0.0400. The third-order valence-electron chi connectivity index (χ3n) is 4.86. The van der Waals surface area contributed by atoms with Gasteiger partial charge in [-0.25, -0.2) is 5.09 Å². The van der Waals surface area contributed by atoms with Crippen LogP contribution in [0.1, 0.15) is 5.56 Å². The van der Waals surface area contributed by atoms with Gasteiger partial charge in [0.25, 0.3) is 0 Å². The molecule has 4 aromatic rings. The molecule has 132 valence electrons. The number of anilines is 1. The molecule has 0 aliphatic heterocycles. The van der Waals surface area contributed by atoms with E-state index in [9.17, 15) is 0 Å². The molecule has 0 saturated heterocycles. The Kier molecular flexibility index (Phi) is 5.05. The lowest BCUT2D eigenvalue weighted by atomic mass is 10.2. The lowest BCUT2D eigenvalue weighted by Gasteiger charge is -2.29. The van der Waals surface area contributed by atoms with Gasteiger partial charge in [0.05, 0.1) is 5.69 Å². The molecular formula is C25H23NP+. The molecule has 0 atom stereocenters. The minimum atomic E-state index is -2.05. The Morgan fingerprint density at radius 2 is 0.852 bits per heavy atom. The van der Waals surface area contributed by atoms with Gasteiger partial charge in [0.2, 0.25) is 0 Å². The van der Waals surface area contributed by atoms with Gasteiger partial charge in [-0.2, -0.15) is 0 Å². The van der Waals surface area contributed by atoms with Gasteiger partial charge in [-0.1, -0.05) is 72.8 Å². The van der Waals surface area contributed by atoms with Crippen LogP contribution >= 0.6 is 7.41 Å². The zero-order valence-corrected chi connectivity index (χ0v) is 16.3. The molecule has 0 radical (unpaired) electrons. The number of aryl methyl sites for hydroxylation is 1. The van der Waals surface area contributed by atoms with Gasteiger partial charge in [0.1, 0.15) is 15.9 Å². The number of hydrogen-bond donors (Lipinski definition) is 1. The van der Waals surface area contributed by atoms with Crippen LogP contribution in [0.5, 0.6) is 0 Å². The summed E-state index contributed by atoms with van der Waals surface area (Å²) in [6.45, 7) is 2.16. The van der Waals surface area contributed by atoms with Gasteiger partial charge in [-0.15, -0.1) is 0 Å². The second-order valence-corrected chi connectivity index (χ2v) is 9.72. The maximum Gasteiger partial charge on any atom is 0.199 e. The number of hydrogen-bond acceptors (Lipinski definition) is 1. The van der Waals surface area contributed by atoms with E-state index in [1.807, 2.05) is 0 Å². The molecule has 2 heteroatoms. The Labute approximate surface area is 162 Å². The second kappa shape index (κ2) is 7.78. The average molecular weight is 368 g/mol. The minimum absolute atomic E-state index is 1.18. The zero-order valence-electron chi connectivity index (χ0n) is 15.4. The van der Waals surface area contributed by atoms with Crippen LogP contribution in [-0.2, 0) is 0 Å². The first-order chi connectivity index (χ1) is 13.3. The lowest BCUT2D eigenvalue weighted by molar-refractivity contribution is 1.47. The summed E-state index contributed by atoms with van der Waals surface area (Å²) in [5, 5.41) is 7.99. The van der Waals surface area contributed by atoms with Crippen LogP contribution in [-0.4, -0.2) is 0 Å². The molecule has 0 heterocycles. The molecule has 0 aliphatic carbocycles. The minimum Gasteiger partial charge on any atom is -0.246 e. The summed E-state index contributed by atoms with van der Waals surface area (Å²) >= 11 is 0. The van der Waals surface area contributed by atoms with Crippen LogP contribution in [0.2, 0.25) is 0 Å². The monoisotopic (exact) mass is 368 g/mol. The molecule has 0 fully saturated rings. The molecule has 0 spiro atoms. The smallest absolute Gasteiger partial charge is 0.199 e. The Balaban J connectivity index is 2.02. The van der Waals surface area contributed by atoms with Crippen molar-refractivity contribution in [2.75, 3.05) is 5.09 Å². The van der Waals surface area contributed by atoms with Gasteiger partial charge in [-0.3, -0.25) is 0 Å². The molecule has 0 aliphatic rings. The number of benzene rings is 4. The third-order valence-corrected chi connectivity index (χ3v) is 8.66. The summed E-state index contributed by atoms with van der Waals surface area (Å²) in [4.78, 5) is 0. The molecular weight excluding hydrogens is 345 g/mol. The fourth-order valence-corrected chi connectivity index (χ4v) is 7.23. The quantitative estimate of drug-likeness (QED) is 0.470. The van der Waals surface area contributed by atoms with E-state index in [0.717, 1.165) is 0 Å². The van der Waals surface area contributed by atoms with E-state index in [1.54, 1.807) is 0 Å². The van der Waals surface area contributed by atoms with E-state index in [4.69, 9.17) is 0 Å². The van der Waals surface area contributed by atoms with E-state index < -0.39 is 7.41 Å². The highest BCUT2D eigenvalue weighted by Gasteiger charge is 2.46. The normalized spacial score (nSPS) is 11.1. The molecule has 4 rings (SSSR count). The zero-order chi connectivity index (χ0) is 18.5. The van der Waals surface area contributed by atoms with Crippen LogP contribution in [0, 0.1) is 6.92 Å². The summed E-state index contributed by atoms with van der Waals surface area (Å²) in [5.41, 5.74) is 2.44. The van der Waals surface area contributed by atoms with Crippen molar-refractivity contribution < 1.29 is 0 Å². The molecule has 27 heavy (non-hydrogen) atoms. The van der Waals surface area contributed by atoms with Gasteiger partial charge in [-0.05, 0) is 55.0 Å². The van der Waals surface area contributed by atoms with Crippen molar-refractivity contribution in [3.05, 3.63) is 121 Å². The maximum atomic E-state index is 4.02. The second-order valence-electron chi connectivity index (χ2n) is 6.60. The van der Waals surface area contributed by atoms with Gasteiger partial charge in [0, 0.05) is 0 Å². The van der Waals surface area contributed by atoms with Crippen LogP contribution < -0.4 is 21.0 Å². The Morgan fingerprint density at radius 1 is 0.481 bits per heavy atom. The molecule has 0 bridgehead atoms. The highest BCUT2D eigenvalue weighted by atomic mass is 31.2. The summed E-state index contributed by atoms with van der Waals surface area (Å²) in [6.07, 6.45) is 0. The largest absolute Gasteiger partial charge is 0.246 e. The third kappa shape index (κ3) is 3.39. The Hall–Kier alpha value is -2.89. The summed E-state index contributed by atoms with van der Waals surface area (Å²) in [5.74, 6) is 0. The molecule has 0 aromatic heterocycles. The highest BCUT2D eigenvalue weighted by Crippen LogP contribution is 2.55. The van der Waals surface area contributed by atoms with Crippen LogP contribution in [0.4, 0.5) is 5.69 Å². The highest BCUT2D eigenvalue weighted by molar-refractivity contribution is 7.96. The summed E-state index contributed by atoms with van der Waals surface area (Å²) < 4.78 is 0. The molecule has 0 amide bonds. The van der Waals surface area contributed by atoms with Crippen LogP contribution in [0.3, 0.4) is 0 Å². The molecule has 1 N–H and O–H groups in total. The van der Waals surface area contributed by atoms with Crippen molar-refractivity contribution in [2.45, 2.75) is 6.92 Å². The Morgan fingerprint density at radius 3 is 1.26 bits per heavy atom. The van der Waals surface area contributed by atoms with Crippen LogP contribution in [0.15, 0.2) is 115 Å². The summed E-state index contributed by atoms with van der Waals surface area (Å²) in [6, 6.07) is 41.1. The predicted molar refractivity (Wildman–Crippen MR) is 120 cm³/mol. The molecule has 0 saturated carbocycles. The number of para-hydroxylation sites is 1. The van der Waals surface area contributed by atoms with E-state index in [2.05, 4.69) is 127 Å². The van der Waals surface area contributed by atoms with Crippen molar-refractivity contribution >= 4 is 29.0 Å². The molecule has 4 aromatic carbocycles. The van der Waals surface area contributed by atoms with Crippen molar-refractivity contribution in [1.29, 1.82) is 0 Å². The molecule has 0 unspecified atom stereocenters. The van der Waals surface area contributed by atoms with Crippen molar-refractivity contribution in [1.82, 2.24) is 0 Å². The first-order valence-corrected chi connectivity index (χ1v) is 11.0. The van der Waals surface area contributed by atoms with E-state index >= 15 is 0 Å². The maximum absolute atomic E-state index is 4.02.